The van der Waals surface area contributed by atoms with Crippen LogP contribution in [-0.4, -0.2) is 51.3 Å². The zero-order valence-corrected chi connectivity index (χ0v) is 20.4. The second kappa shape index (κ2) is 11.2. The lowest BCUT2D eigenvalue weighted by Gasteiger charge is -2.39. The molecular weight excluding hydrogens is 447 g/mol. The Balaban J connectivity index is 1.54. The zero-order chi connectivity index (χ0) is 24.8. The normalized spacial score (nSPS) is 14.4. The summed E-state index contributed by atoms with van der Waals surface area (Å²) in [6.45, 7) is 2.34. The number of nitrogens with zero attached hydrogens (tertiary/aromatic N) is 2. The summed E-state index contributed by atoms with van der Waals surface area (Å²) >= 11 is 0. The minimum absolute atomic E-state index is 0.0265. The van der Waals surface area contributed by atoms with Gasteiger partial charge in [0.1, 0.15) is 23.1 Å². The lowest BCUT2D eigenvalue weighted by Crippen LogP contribution is -2.47. The molecule has 1 aliphatic heterocycles. The molecule has 3 aromatic carbocycles. The number of benzene rings is 3. The van der Waals surface area contributed by atoms with Gasteiger partial charge in [-0.3, -0.25) is 9.69 Å². The predicted octanol–water partition coefficient (Wildman–Crippen LogP) is 5.16. The van der Waals surface area contributed by atoms with Crippen molar-refractivity contribution in [3.05, 3.63) is 83.7 Å². The number of rotatable bonds is 8. The molecule has 7 heteroatoms. The lowest BCUT2D eigenvalue weighted by molar-refractivity contribution is 0.0955. The minimum atomic E-state index is -0.333. The van der Waals surface area contributed by atoms with E-state index in [1.165, 1.54) is 12.1 Å². The van der Waals surface area contributed by atoms with Crippen molar-refractivity contribution >= 4 is 11.6 Å². The van der Waals surface area contributed by atoms with Crippen molar-refractivity contribution in [2.75, 3.05) is 39.3 Å². The largest absolute Gasteiger partial charge is 0.497 e. The number of para-hydroxylation sites is 1. The molecule has 1 heterocycles. The van der Waals surface area contributed by atoms with Crippen LogP contribution in [0.2, 0.25) is 0 Å². The fourth-order valence-corrected chi connectivity index (χ4v) is 4.63. The van der Waals surface area contributed by atoms with E-state index in [4.69, 9.17) is 14.2 Å². The molecule has 0 aromatic heterocycles. The van der Waals surface area contributed by atoms with Crippen LogP contribution in [0.25, 0.3) is 0 Å². The molecule has 1 amide bonds. The molecule has 1 fully saturated rings. The molecule has 0 N–H and O–H groups in total. The van der Waals surface area contributed by atoms with Crippen molar-refractivity contribution in [1.29, 1.82) is 0 Å². The van der Waals surface area contributed by atoms with Crippen molar-refractivity contribution in [2.24, 2.45) is 0 Å². The molecule has 0 bridgehead atoms. The van der Waals surface area contributed by atoms with Gasteiger partial charge in [0, 0.05) is 36.9 Å². The van der Waals surface area contributed by atoms with Gasteiger partial charge in [0.25, 0.3) is 5.91 Å². The van der Waals surface area contributed by atoms with Crippen molar-refractivity contribution in [1.82, 2.24) is 4.90 Å². The molecule has 0 unspecified atom stereocenters. The smallest absolute Gasteiger partial charge is 0.262 e. The Morgan fingerprint density at radius 3 is 2.26 bits per heavy atom. The highest BCUT2D eigenvalue weighted by Crippen LogP contribution is 2.31. The first-order valence-electron chi connectivity index (χ1n) is 11.7. The summed E-state index contributed by atoms with van der Waals surface area (Å²) in [5.41, 5.74) is 2.23. The number of amides is 1. The van der Waals surface area contributed by atoms with Crippen LogP contribution in [-0.2, 0) is 6.54 Å². The lowest BCUT2D eigenvalue weighted by atomic mass is 9.99. The number of hydrogen-bond donors (Lipinski definition) is 0. The van der Waals surface area contributed by atoms with E-state index in [-0.39, 0.29) is 17.8 Å². The Kier molecular flexibility index (Phi) is 7.87. The topological polar surface area (TPSA) is 51.2 Å². The summed E-state index contributed by atoms with van der Waals surface area (Å²) in [5.74, 6) is 1.66. The third-order valence-corrected chi connectivity index (χ3v) is 6.46. The quantitative estimate of drug-likeness (QED) is 0.448. The molecule has 0 spiro atoms. The monoisotopic (exact) mass is 478 g/mol. The average molecular weight is 479 g/mol. The molecule has 184 valence electrons. The molecule has 0 atom stereocenters. The van der Waals surface area contributed by atoms with Crippen LogP contribution in [0.1, 0.15) is 28.8 Å². The van der Waals surface area contributed by atoms with Gasteiger partial charge < -0.3 is 19.1 Å². The van der Waals surface area contributed by atoms with Gasteiger partial charge in [0.05, 0.1) is 26.9 Å². The van der Waals surface area contributed by atoms with E-state index >= 15 is 0 Å². The molecule has 1 aliphatic rings. The summed E-state index contributed by atoms with van der Waals surface area (Å²) in [4.78, 5) is 17.9. The summed E-state index contributed by atoms with van der Waals surface area (Å²) in [6.07, 6.45) is 1.56. The molecule has 1 saturated heterocycles. The number of ether oxygens (including phenoxy) is 3. The van der Waals surface area contributed by atoms with Crippen molar-refractivity contribution in [3.63, 3.8) is 0 Å². The second-order valence-electron chi connectivity index (χ2n) is 8.54. The summed E-state index contributed by atoms with van der Waals surface area (Å²) in [7, 11) is 4.88. The number of piperidine rings is 1. The van der Waals surface area contributed by atoms with Crippen LogP contribution < -0.4 is 19.1 Å². The number of carbonyl (C=O) groups excluding carboxylic acids is 1. The van der Waals surface area contributed by atoms with Crippen LogP contribution in [0.3, 0.4) is 0 Å². The van der Waals surface area contributed by atoms with Gasteiger partial charge in [-0.05, 0) is 67.4 Å². The average Bonchev–Trinajstić information content (AvgIpc) is 2.90. The fourth-order valence-electron chi connectivity index (χ4n) is 4.63. The number of hydrogen-bond acceptors (Lipinski definition) is 5. The number of halogens is 1. The van der Waals surface area contributed by atoms with Crippen LogP contribution in [0, 0.1) is 5.82 Å². The summed E-state index contributed by atoms with van der Waals surface area (Å²) in [5, 5.41) is 0. The highest BCUT2D eigenvalue weighted by atomic mass is 19.1. The van der Waals surface area contributed by atoms with E-state index in [1.807, 2.05) is 30.3 Å². The van der Waals surface area contributed by atoms with E-state index in [2.05, 4.69) is 4.90 Å². The SMILES string of the molecule is COc1ccc(OC)c(CN2CCC(N(C(=O)c3ccccc3OC)c3ccc(F)cc3)CC2)c1. The van der Waals surface area contributed by atoms with Gasteiger partial charge >= 0.3 is 0 Å². The van der Waals surface area contributed by atoms with E-state index < -0.39 is 0 Å². The Hall–Kier alpha value is -3.58. The maximum absolute atomic E-state index is 13.7. The van der Waals surface area contributed by atoms with Gasteiger partial charge in [0.15, 0.2) is 0 Å². The predicted molar refractivity (Wildman–Crippen MR) is 134 cm³/mol. The van der Waals surface area contributed by atoms with Gasteiger partial charge in [0.2, 0.25) is 0 Å². The first-order valence-corrected chi connectivity index (χ1v) is 11.7. The van der Waals surface area contributed by atoms with E-state index in [0.29, 0.717) is 17.0 Å². The highest BCUT2D eigenvalue weighted by Gasteiger charge is 2.31. The first kappa shape index (κ1) is 24.5. The van der Waals surface area contributed by atoms with Crippen molar-refractivity contribution < 1.29 is 23.4 Å². The number of carbonyl (C=O) groups is 1. The van der Waals surface area contributed by atoms with Gasteiger partial charge in [-0.2, -0.15) is 0 Å². The maximum atomic E-state index is 13.7. The Bertz CT molecular complexity index is 1140. The van der Waals surface area contributed by atoms with Crippen LogP contribution in [0.15, 0.2) is 66.7 Å². The Morgan fingerprint density at radius 1 is 0.914 bits per heavy atom. The molecule has 35 heavy (non-hydrogen) atoms. The van der Waals surface area contributed by atoms with E-state index in [1.54, 1.807) is 50.5 Å². The molecule has 3 aromatic rings. The van der Waals surface area contributed by atoms with Crippen molar-refractivity contribution in [3.8, 4) is 17.2 Å². The molecule has 0 aliphatic carbocycles. The van der Waals surface area contributed by atoms with E-state index in [9.17, 15) is 9.18 Å². The standard InChI is InChI=1S/C28H31FN2O4/c1-33-24-12-13-26(34-2)20(18-24)19-30-16-14-23(15-17-30)31(22-10-8-21(29)9-11-22)28(32)25-6-4-5-7-27(25)35-3/h4-13,18,23H,14-17,19H2,1-3H3. The number of anilines is 1. The van der Waals surface area contributed by atoms with Crippen LogP contribution >= 0.6 is 0 Å². The Labute approximate surface area is 205 Å². The molecule has 4 rings (SSSR count). The first-order chi connectivity index (χ1) is 17.0. The molecule has 0 radical (unpaired) electrons. The Morgan fingerprint density at radius 2 is 1.60 bits per heavy atom. The van der Waals surface area contributed by atoms with Crippen LogP contribution in [0.4, 0.5) is 10.1 Å². The highest BCUT2D eigenvalue weighted by molar-refractivity contribution is 6.08. The summed E-state index contributed by atoms with van der Waals surface area (Å²) in [6, 6.07) is 19.1. The fraction of sp³-hybridized carbons (Fsp3) is 0.321. The third kappa shape index (κ3) is 5.57. The number of likely N-dealkylation sites (tertiary alicyclic amines) is 1. The third-order valence-electron chi connectivity index (χ3n) is 6.46. The zero-order valence-electron chi connectivity index (χ0n) is 20.4. The second-order valence-corrected chi connectivity index (χ2v) is 8.54. The molecular formula is C28H31FN2O4. The number of methoxy groups -OCH3 is 3. The van der Waals surface area contributed by atoms with Crippen LogP contribution in [0.5, 0.6) is 17.2 Å². The minimum Gasteiger partial charge on any atom is -0.497 e. The molecule has 6 nitrogen and oxygen atoms in total. The molecule has 0 saturated carbocycles. The van der Waals surface area contributed by atoms with Gasteiger partial charge in [-0.25, -0.2) is 4.39 Å². The van der Waals surface area contributed by atoms with Gasteiger partial charge in [-0.1, -0.05) is 12.1 Å². The summed E-state index contributed by atoms with van der Waals surface area (Å²) < 4.78 is 30.0. The maximum Gasteiger partial charge on any atom is 0.262 e. The van der Waals surface area contributed by atoms with Crippen molar-refractivity contribution in [2.45, 2.75) is 25.4 Å². The van der Waals surface area contributed by atoms with E-state index in [0.717, 1.165) is 49.5 Å². The van der Waals surface area contributed by atoms with Gasteiger partial charge in [-0.15, -0.1) is 0 Å².